The first-order valence-corrected chi connectivity index (χ1v) is 9.87. The third-order valence-corrected chi connectivity index (χ3v) is 5.82. The van der Waals surface area contributed by atoms with Crippen molar-refractivity contribution in [1.29, 1.82) is 0 Å². The van der Waals surface area contributed by atoms with E-state index in [0.29, 0.717) is 18.5 Å². The van der Waals surface area contributed by atoms with Crippen molar-refractivity contribution < 1.29 is 9.72 Å². The summed E-state index contributed by atoms with van der Waals surface area (Å²) in [5, 5.41) is 14.2. The first kappa shape index (κ1) is 25.3. The normalized spacial score (nSPS) is 14.0. The van der Waals surface area contributed by atoms with Crippen molar-refractivity contribution in [3.8, 4) is 10.4 Å². The van der Waals surface area contributed by atoms with Crippen LogP contribution in [0.1, 0.15) is 11.3 Å². The summed E-state index contributed by atoms with van der Waals surface area (Å²) in [5.41, 5.74) is 0.804. The number of nitro groups is 1. The topological polar surface area (TPSA) is 78.7 Å². The minimum Gasteiger partial charge on any atom is -0.340 e. The van der Waals surface area contributed by atoms with Gasteiger partial charge in [-0.05, 0) is 25.2 Å². The molecule has 0 aliphatic carbocycles. The van der Waals surface area contributed by atoms with Crippen molar-refractivity contribution in [1.82, 2.24) is 15.1 Å². The average molecular weight is 461 g/mol. The number of hydrogen-bond acceptors (Lipinski definition) is 6. The Labute approximate surface area is 187 Å². The molecule has 1 aromatic carbocycles. The zero-order valence-electron chi connectivity index (χ0n) is 16.2. The van der Waals surface area contributed by atoms with Gasteiger partial charge in [-0.3, -0.25) is 19.8 Å². The third kappa shape index (κ3) is 6.65. The van der Waals surface area contributed by atoms with Crippen LogP contribution >= 0.6 is 36.2 Å². The molecule has 1 aliphatic heterocycles. The molecule has 29 heavy (non-hydrogen) atoms. The van der Waals surface area contributed by atoms with E-state index >= 15 is 0 Å². The Balaban J connectivity index is 0.00000210. The maximum atomic E-state index is 12.1. The van der Waals surface area contributed by atoms with Gasteiger partial charge in [-0.1, -0.05) is 12.1 Å². The van der Waals surface area contributed by atoms with Gasteiger partial charge in [-0.15, -0.1) is 36.2 Å². The average Bonchev–Trinajstić information content (AvgIpc) is 3.15. The van der Waals surface area contributed by atoms with Crippen molar-refractivity contribution in [2.75, 3.05) is 39.8 Å². The van der Waals surface area contributed by atoms with Crippen LogP contribution in [0.5, 0.6) is 0 Å². The molecule has 10 heteroatoms. The lowest BCUT2D eigenvalue weighted by Crippen LogP contribution is -2.48. The fourth-order valence-corrected chi connectivity index (χ4v) is 4.30. The number of nitrogens with zero attached hydrogens (tertiary/aromatic N) is 3. The molecule has 0 spiro atoms. The molecule has 1 amide bonds. The summed E-state index contributed by atoms with van der Waals surface area (Å²) >= 11 is 1.59. The lowest BCUT2D eigenvalue weighted by molar-refractivity contribution is -0.384. The van der Waals surface area contributed by atoms with E-state index < -0.39 is 0 Å². The zero-order valence-corrected chi connectivity index (χ0v) is 18.7. The number of benzene rings is 1. The monoisotopic (exact) mass is 460 g/mol. The number of nitro benzene ring substituents is 1. The van der Waals surface area contributed by atoms with Crippen LogP contribution in [0.15, 0.2) is 36.4 Å². The Kier molecular flexibility index (Phi) is 10.6. The number of para-hydroxylation sites is 1. The van der Waals surface area contributed by atoms with Crippen LogP contribution in [0.3, 0.4) is 0 Å². The van der Waals surface area contributed by atoms with Crippen molar-refractivity contribution in [3.63, 3.8) is 0 Å². The molecule has 0 saturated carbocycles. The summed E-state index contributed by atoms with van der Waals surface area (Å²) < 4.78 is 0. The summed E-state index contributed by atoms with van der Waals surface area (Å²) in [6.45, 7) is 4.73. The van der Waals surface area contributed by atoms with Crippen molar-refractivity contribution in [3.05, 3.63) is 51.4 Å². The number of thiophene rings is 1. The highest BCUT2D eigenvalue weighted by molar-refractivity contribution is 7.15. The van der Waals surface area contributed by atoms with Gasteiger partial charge in [0.25, 0.3) is 5.69 Å². The molecule has 0 bridgehead atoms. The van der Waals surface area contributed by atoms with Gasteiger partial charge in [-0.25, -0.2) is 0 Å². The number of hydrogen-bond donors (Lipinski definition) is 1. The summed E-state index contributed by atoms with van der Waals surface area (Å²) in [4.78, 5) is 29.3. The lowest BCUT2D eigenvalue weighted by Gasteiger charge is -2.34. The number of amides is 1. The number of rotatable bonds is 7. The molecule has 1 saturated heterocycles. The highest BCUT2D eigenvalue weighted by atomic mass is 35.5. The van der Waals surface area contributed by atoms with E-state index in [2.05, 4.69) is 10.2 Å². The summed E-state index contributed by atoms with van der Waals surface area (Å²) in [6, 6.07) is 10.9. The predicted octanol–water partition coefficient (Wildman–Crippen LogP) is 3.42. The second-order valence-corrected chi connectivity index (χ2v) is 7.72. The molecule has 0 radical (unpaired) electrons. The molecule has 1 aliphatic rings. The van der Waals surface area contributed by atoms with Gasteiger partial charge < -0.3 is 10.2 Å². The van der Waals surface area contributed by atoms with Gasteiger partial charge in [0, 0.05) is 61.5 Å². The number of halogens is 2. The zero-order chi connectivity index (χ0) is 19.2. The summed E-state index contributed by atoms with van der Waals surface area (Å²) in [5.74, 6) is 0.207. The Hall–Kier alpha value is -1.71. The number of carbonyl (C=O) groups excluding carboxylic acids is 1. The standard InChI is InChI=1S/C19H24N4O3S.2ClH/c1-20-9-8-19(24)22-12-10-21(11-13-22)14-15-6-7-18(27-15)16-4-2-3-5-17(16)23(25)26;;/h2-7,20H,8-14H2,1H3;2*1H. The predicted molar refractivity (Wildman–Crippen MR) is 121 cm³/mol. The largest absolute Gasteiger partial charge is 0.340 e. The van der Waals surface area contributed by atoms with Crippen molar-refractivity contribution >= 4 is 47.7 Å². The van der Waals surface area contributed by atoms with E-state index in [1.165, 1.54) is 4.88 Å². The maximum Gasteiger partial charge on any atom is 0.278 e. The van der Waals surface area contributed by atoms with E-state index in [1.54, 1.807) is 29.5 Å². The number of carbonyl (C=O) groups is 1. The molecular weight excluding hydrogens is 435 g/mol. The van der Waals surface area contributed by atoms with Crippen LogP contribution in [-0.4, -0.2) is 60.4 Å². The van der Waals surface area contributed by atoms with Gasteiger partial charge in [0.05, 0.1) is 10.5 Å². The molecule has 2 heterocycles. The molecule has 1 fully saturated rings. The van der Waals surface area contributed by atoms with Gasteiger partial charge >= 0.3 is 0 Å². The Bertz CT molecular complexity index is 810. The van der Waals surface area contributed by atoms with Crippen LogP contribution in [0, 0.1) is 10.1 Å². The Morgan fingerprint density at radius 3 is 2.48 bits per heavy atom. The molecule has 1 aromatic heterocycles. The van der Waals surface area contributed by atoms with Crippen LogP contribution in [0.25, 0.3) is 10.4 Å². The van der Waals surface area contributed by atoms with Gasteiger partial charge in [0.2, 0.25) is 5.91 Å². The van der Waals surface area contributed by atoms with E-state index in [4.69, 9.17) is 0 Å². The van der Waals surface area contributed by atoms with Crippen molar-refractivity contribution in [2.24, 2.45) is 0 Å². The molecular formula is C19H26Cl2N4O3S. The summed E-state index contributed by atoms with van der Waals surface area (Å²) in [6.07, 6.45) is 0.542. The highest BCUT2D eigenvalue weighted by Crippen LogP contribution is 2.35. The number of nitrogens with one attached hydrogen (secondary N) is 1. The Morgan fingerprint density at radius 2 is 1.83 bits per heavy atom. The second kappa shape index (κ2) is 12.1. The van der Waals surface area contributed by atoms with Crippen LogP contribution < -0.4 is 5.32 Å². The van der Waals surface area contributed by atoms with E-state index in [-0.39, 0.29) is 41.3 Å². The Morgan fingerprint density at radius 1 is 1.14 bits per heavy atom. The first-order chi connectivity index (χ1) is 13.1. The fraction of sp³-hybridized carbons (Fsp3) is 0.421. The van der Waals surface area contributed by atoms with Gasteiger partial charge in [-0.2, -0.15) is 0 Å². The van der Waals surface area contributed by atoms with E-state index in [1.807, 2.05) is 30.1 Å². The lowest BCUT2D eigenvalue weighted by atomic mass is 10.1. The highest BCUT2D eigenvalue weighted by Gasteiger charge is 2.21. The second-order valence-electron chi connectivity index (χ2n) is 6.55. The van der Waals surface area contributed by atoms with Crippen LogP contribution in [0.4, 0.5) is 5.69 Å². The van der Waals surface area contributed by atoms with E-state index in [0.717, 1.165) is 37.6 Å². The molecule has 0 unspecified atom stereocenters. The third-order valence-electron chi connectivity index (χ3n) is 4.72. The molecule has 1 N–H and O–H groups in total. The molecule has 160 valence electrons. The van der Waals surface area contributed by atoms with Crippen LogP contribution in [-0.2, 0) is 11.3 Å². The molecule has 3 rings (SSSR count). The molecule has 7 nitrogen and oxygen atoms in total. The SMILES string of the molecule is CNCCC(=O)N1CCN(Cc2ccc(-c3ccccc3[N+](=O)[O-])s2)CC1.Cl.Cl. The van der Waals surface area contributed by atoms with E-state index in [9.17, 15) is 14.9 Å². The first-order valence-electron chi connectivity index (χ1n) is 9.05. The van der Waals surface area contributed by atoms with Crippen molar-refractivity contribution in [2.45, 2.75) is 13.0 Å². The minimum absolute atomic E-state index is 0. The van der Waals surface area contributed by atoms with Gasteiger partial charge in [0.1, 0.15) is 0 Å². The smallest absolute Gasteiger partial charge is 0.278 e. The molecule has 2 aromatic rings. The van der Waals surface area contributed by atoms with Crippen LogP contribution in [0.2, 0.25) is 0 Å². The van der Waals surface area contributed by atoms with Gasteiger partial charge in [0.15, 0.2) is 0 Å². The summed E-state index contributed by atoms with van der Waals surface area (Å²) in [7, 11) is 1.85. The number of piperazine rings is 1. The minimum atomic E-state index is -0.334. The quantitative estimate of drug-likeness (QED) is 0.505. The maximum absolute atomic E-state index is 12.1. The fourth-order valence-electron chi connectivity index (χ4n) is 3.21. The molecule has 0 atom stereocenters.